The number of aryl methyl sites for hydroxylation is 1. The van der Waals surface area contributed by atoms with Gasteiger partial charge in [0, 0.05) is 30.1 Å². The molecule has 2 aromatic heterocycles. The summed E-state index contributed by atoms with van der Waals surface area (Å²) in [6.45, 7) is 5.85. The second kappa shape index (κ2) is 7.19. The molecule has 0 amide bonds. The first-order valence-corrected chi connectivity index (χ1v) is 8.24. The van der Waals surface area contributed by atoms with Crippen LogP contribution in [0.1, 0.15) is 29.8 Å². The van der Waals surface area contributed by atoms with Crippen LogP contribution in [0.2, 0.25) is 5.02 Å². The third kappa shape index (κ3) is 3.52. The van der Waals surface area contributed by atoms with E-state index in [1.807, 2.05) is 0 Å². The Morgan fingerprint density at radius 3 is 3.17 bits per heavy atom. The fraction of sp³-hybridized carbons (Fsp3) is 0.438. The highest BCUT2D eigenvalue weighted by Crippen LogP contribution is 2.20. The summed E-state index contributed by atoms with van der Waals surface area (Å²) >= 11 is 5.89. The average Bonchev–Trinajstić information content (AvgIpc) is 3.16. The highest BCUT2D eigenvalue weighted by molar-refractivity contribution is 6.32. The summed E-state index contributed by atoms with van der Waals surface area (Å²) in [4.78, 5) is 11.4. The van der Waals surface area contributed by atoms with Crippen LogP contribution >= 0.6 is 11.6 Å². The van der Waals surface area contributed by atoms with Crippen LogP contribution in [0.4, 0.5) is 5.69 Å². The van der Waals surface area contributed by atoms with Crippen LogP contribution in [0.15, 0.2) is 22.2 Å². The molecule has 3 rings (SSSR count). The summed E-state index contributed by atoms with van der Waals surface area (Å²) in [5.74, 6) is 0. The van der Waals surface area contributed by atoms with Gasteiger partial charge in [-0.2, -0.15) is 10.2 Å². The summed E-state index contributed by atoms with van der Waals surface area (Å²) < 4.78 is 7.97. The zero-order valence-corrected chi connectivity index (χ0v) is 14.4. The Morgan fingerprint density at radius 2 is 2.42 bits per heavy atom. The van der Waals surface area contributed by atoms with Crippen LogP contribution in [-0.4, -0.2) is 33.7 Å². The fourth-order valence-corrected chi connectivity index (χ4v) is 3.00. The van der Waals surface area contributed by atoms with E-state index in [-0.39, 0.29) is 5.02 Å². The molecular weight excluding hydrogens is 330 g/mol. The second-order valence-corrected chi connectivity index (χ2v) is 6.25. The normalized spacial score (nSPS) is 17.7. The van der Waals surface area contributed by atoms with E-state index in [0.29, 0.717) is 11.8 Å². The Bertz CT molecular complexity index is 805. The molecule has 1 fully saturated rings. The topological polar surface area (TPSA) is 84.3 Å². The van der Waals surface area contributed by atoms with Gasteiger partial charge in [-0.15, -0.1) is 0 Å². The van der Waals surface area contributed by atoms with Gasteiger partial charge in [-0.1, -0.05) is 11.6 Å². The van der Waals surface area contributed by atoms with Crippen molar-refractivity contribution >= 4 is 23.5 Å². The first-order valence-electron chi connectivity index (χ1n) is 7.87. The van der Waals surface area contributed by atoms with E-state index < -0.39 is 5.56 Å². The number of aromatic amines is 1. The van der Waals surface area contributed by atoms with Gasteiger partial charge in [-0.25, -0.2) is 5.10 Å². The number of nitrogens with zero attached hydrogens (tertiary/aromatic N) is 3. The van der Waals surface area contributed by atoms with Crippen molar-refractivity contribution < 1.29 is 4.74 Å². The number of hydrogen-bond donors (Lipinski definition) is 2. The molecule has 8 heteroatoms. The molecule has 0 aliphatic carbocycles. The molecule has 1 saturated heterocycles. The maximum atomic E-state index is 11.4. The van der Waals surface area contributed by atoms with Gasteiger partial charge >= 0.3 is 0 Å². The largest absolute Gasteiger partial charge is 0.376 e. The monoisotopic (exact) mass is 349 g/mol. The molecule has 2 N–H and O–H groups in total. The molecule has 24 heavy (non-hydrogen) atoms. The minimum atomic E-state index is -0.452. The molecule has 0 saturated carbocycles. The summed E-state index contributed by atoms with van der Waals surface area (Å²) in [7, 11) is 0. The SMILES string of the molecule is Cc1cc(/C=N\Nc2cn[nH]c(=O)c2Cl)c(C)n1C[C@H]1CCCO1. The van der Waals surface area contributed by atoms with Gasteiger partial charge in [-0.3, -0.25) is 10.2 Å². The number of anilines is 1. The molecule has 1 aliphatic heterocycles. The number of hydrogen-bond acceptors (Lipinski definition) is 5. The smallest absolute Gasteiger partial charge is 0.285 e. The zero-order valence-electron chi connectivity index (χ0n) is 13.7. The Labute approximate surface area is 144 Å². The van der Waals surface area contributed by atoms with Gasteiger partial charge in [0.05, 0.1) is 18.5 Å². The summed E-state index contributed by atoms with van der Waals surface area (Å²) in [6.07, 6.45) is 5.66. The zero-order chi connectivity index (χ0) is 17.1. The van der Waals surface area contributed by atoms with E-state index in [4.69, 9.17) is 16.3 Å². The lowest BCUT2D eigenvalue weighted by Crippen LogP contribution is -2.16. The minimum Gasteiger partial charge on any atom is -0.376 e. The van der Waals surface area contributed by atoms with Crippen molar-refractivity contribution in [2.45, 2.75) is 39.3 Å². The number of H-pyrrole nitrogens is 1. The van der Waals surface area contributed by atoms with Crippen molar-refractivity contribution in [1.82, 2.24) is 14.8 Å². The first kappa shape index (κ1) is 16.7. The van der Waals surface area contributed by atoms with Gasteiger partial charge in [0.1, 0.15) is 10.7 Å². The van der Waals surface area contributed by atoms with E-state index in [9.17, 15) is 4.79 Å². The molecule has 0 spiro atoms. The van der Waals surface area contributed by atoms with Crippen molar-refractivity contribution in [2.24, 2.45) is 5.10 Å². The number of halogens is 1. The van der Waals surface area contributed by atoms with Crippen molar-refractivity contribution in [3.8, 4) is 0 Å². The van der Waals surface area contributed by atoms with Crippen LogP contribution < -0.4 is 11.0 Å². The third-order valence-corrected chi connectivity index (χ3v) is 4.58. The lowest BCUT2D eigenvalue weighted by molar-refractivity contribution is 0.0962. The van der Waals surface area contributed by atoms with Gasteiger partial charge in [0.15, 0.2) is 0 Å². The first-order chi connectivity index (χ1) is 11.6. The lowest BCUT2D eigenvalue weighted by Gasteiger charge is -2.14. The predicted molar refractivity (Wildman–Crippen MR) is 94.0 cm³/mol. The van der Waals surface area contributed by atoms with E-state index in [1.165, 1.54) is 11.9 Å². The third-order valence-electron chi connectivity index (χ3n) is 4.21. The Balaban J connectivity index is 1.73. The standard InChI is InChI=1S/C16H20ClN5O2/c1-10-6-12(11(2)22(10)9-13-4-3-5-24-13)7-18-20-14-8-19-21-16(23)15(14)17/h6-8,13H,3-5,9H2,1-2H3,(H2,20,21,23)/b18-7-/t13-/m1/s1. The molecule has 3 heterocycles. The molecule has 7 nitrogen and oxygen atoms in total. The number of rotatable bonds is 5. The lowest BCUT2D eigenvalue weighted by atomic mass is 10.2. The average molecular weight is 350 g/mol. The van der Waals surface area contributed by atoms with Crippen molar-refractivity contribution in [3.63, 3.8) is 0 Å². The molecule has 0 aromatic carbocycles. The molecule has 128 valence electrons. The molecule has 0 bridgehead atoms. The molecule has 2 aromatic rings. The Kier molecular flexibility index (Phi) is 5.01. The predicted octanol–water partition coefficient (Wildman–Crippen LogP) is 2.47. The van der Waals surface area contributed by atoms with Gasteiger partial charge in [0.25, 0.3) is 5.56 Å². The van der Waals surface area contributed by atoms with Crippen molar-refractivity contribution in [3.05, 3.63) is 44.6 Å². The van der Waals surface area contributed by atoms with Crippen molar-refractivity contribution in [1.29, 1.82) is 0 Å². The summed E-state index contributed by atoms with van der Waals surface area (Å²) in [5, 5.41) is 10.1. The highest BCUT2D eigenvalue weighted by Gasteiger charge is 2.18. The molecule has 1 atom stereocenters. The quantitative estimate of drug-likeness (QED) is 0.641. The molecule has 0 radical (unpaired) electrons. The Morgan fingerprint density at radius 1 is 1.58 bits per heavy atom. The van der Waals surface area contributed by atoms with Gasteiger partial charge < -0.3 is 9.30 Å². The van der Waals surface area contributed by atoms with E-state index >= 15 is 0 Å². The maximum absolute atomic E-state index is 11.4. The van der Waals surface area contributed by atoms with E-state index in [0.717, 1.165) is 37.3 Å². The van der Waals surface area contributed by atoms with Crippen LogP contribution in [0.3, 0.4) is 0 Å². The number of aromatic nitrogens is 3. The molecule has 1 aliphatic rings. The van der Waals surface area contributed by atoms with Crippen LogP contribution in [0.25, 0.3) is 0 Å². The fourth-order valence-electron chi connectivity index (χ4n) is 2.86. The number of nitrogens with one attached hydrogen (secondary N) is 2. The van der Waals surface area contributed by atoms with Crippen LogP contribution in [0.5, 0.6) is 0 Å². The summed E-state index contributed by atoms with van der Waals surface area (Å²) in [5.41, 5.74) is 5.97. The molecule has 0 unspecified atom stereocenters. The highest BCUT2D eigenvalue weighted by atomic mass is 35.5. The number of hydrazone groups is 1. The van der Waals surface area contributed by atoms with E-state index in [1.54, 1.807) is 6.21 Å². The van der Waals surface area contributed by atoms with Gasteiger partial charge in [-0.05, 0) is 32.8 Å². The summed E-state index contributed by atoms with van der Waals surface area (Å²) in [6, 6.07) is 2.08. The Hall–Kier alpha value is -2.12. The minimum absolute atomic E-state index is 0.0333. The second-order valence-electron chi connectivity index (χ2n) is 5.87. The van der Waals surface area contributed by atoms with Crippen LogP contribution in [0, 0.1) is 13.8 Å². The van der Waals surface area contributed by atoms with Gasteiger partial charge in [0.2, 0.25) is 0 Å². The van der Waals surface area contributed by atoms with Crippen molar-refractivity contribution in [2.75, 3.05) is 12.0 Å². The van der Waals surface area contributed by atoms with E-state index in [2.05, 4.69) is 45.2 Å². The van der Waals surface area contributed by atoms with Crippen LogP contribution in [-0.2, 0) is 11.3 Å². The molecular formula is C16H20ClN5O2. The number of ether oxygens (including phenoxy) is 1. The maximum Gasteiger partial charge on any atom is 0.285 e.